The topological polar surface area (TPSA) is 64.1 Å². The number of benzene rings is 1. The molecule has 0 radical (unpaired) electrons. The molecule has 108 valence electrons. The van der Waals surface area contributed by atoms with Gasteiger partial charge in [-0.15, -0.1) is 0 Å². The molecular weight excluding hydrogens is 286 g/mol. The number of halogens is 1. The van der Waals surface area contributed by atoms with Crippen molar-refractivity contribution in [1.29, 1.82) is 0 Å². The summed E-state index contributed by atoms with van der Waals surface area (Å²) in [4.78, 5) is 4.13. The summed E-state index contributed by atoms with van der Waals surface area (Å²) in [5.74, 6) is 1.25. The predicted molar refractivity (Wildman–Crippen MR) is 85.4 cm³/mol. The molecule has 0 fully saturated rings. The Labute approximate surface area is 127 Å². The van der Waals surface area contributed by atoms with Gasteiger partial charge in [-0.05, 0) is 24.7 Å². The van der Waals surface area contributed by atoms with Crippen molar-refractivity contribution in [3.8, 4) is 0 Å². The molecule has 4 nitrogen and oxygen atoms in total. The van der Waals surface area contributed by atoms with E-state index in [2.05, 4.69) is 10.3 Å². The monoisotopic (exact) mass is 301 g/mol. The van der Waals surface area contributed by atoms with Crippen molar-refractivity contribution >= 4 is 28.4 Å². The molecule has 0 aliphatic rings. The zero-order valence-corrected chi connectivity index (χ0v) is 12.4. The lowest BCUT2D eigenvalue weighted by molar-refractivity contribution is 0.477. The van der Waals surface area contributed by atoms with Gasteiger partial charge in [-0.3, -0.25) is 0 Å². The lowest BCUT2D eigenvalue weighted by Gasteiger charge is -2.17. The van der Waals surface area contributed by atoms with Gasteiger partial charge in [0.25, 0.3) is 0 Å². The van der Waals surface area contributed by atoms with Gasteiger partial charge < -0.3 is 15.5 Å². The number of aromatic nitrogens is 1. The van der Waals surface area contributed by atoms with E-state index in [4.69, 9.17) is 21.8 Å². The maximum absolute atomic E-state index is 6.05. The second-order valence-corrected chi connectivity index (χ2v) is 5.24. The Kier molecular flexibility index (Phi) is 3.82. The predicted octanol–water partition coefficient (Wildman–Crippen LogP) is 3.76. The molecular formula is C16H16ClN3O. The normalized spacial score (nSPS) is 12.7. The minimum absolute atomic E-state index is 0.173. The van der Waals surface area contributed by atoms with Crippen LogP contribution in [0.2, 0.25) is 5.02 Å². The number of para-hydroxylation sites is 1. The molecule has 0 aliphatic heterocycles. The summed E-state index contributed by atoms with van der Waals surface area (Å²) in [6.45, 7) is 2.80. The summed E-state index contributed by atoms with van der Waals surface area (Å²) in [5.41, 5.74) is 7.67. The Morgan fingerprint density at radius 2 is 2.14 bits per heavy atom. The molecule has 0 bridgehead atoms. The summed E-state index contributed by atoms with van der Waals surface area (Å²) in [6.07, 6.45) is 1.54. The summed E-state index contributed by atoms with van der Waals surface area (Å²) in [7, 11) is 0. The number of nitrogens with one attached hydrogen (secondary N) is 1. The Balaban J connectivity index is 2.10. The molecule has 21 heavy (non-hydrogen) atoms. The van der Waals surface area contributed by atoms with E-state index < -0.39 is 0 Å². The quantitative estimate of drug-likeness (QED) is 0.770. The average molecular weight is 302 g/mol. The Hall–Kier alpha value is -2.04. The number of pyridine rings is 1. The van der Waals surface area contributed by atoms with E-state index in [-0.39, 0.29) is 6.04 Å². The SMILES string of the molecule is CCNC(c1cc2ccccc2o1)c1cc(Cl)cnc1N. The van der Waals surface area contributed by atoms with Crippen LogP contribution < -0.4 is 11.1 Å². The highest BCUT2D eigenvalue weighted by molar-refractivity contribution is 6.30. The van der Waals surface area contributed by atoms with E-state index in [1.54, 1.807) is 6.20 Å². The van der Waals surface area contributed by atoms with Crippen LogP contribution in [0.5, 0.6) is 0 Å². The van der Waals surface area contributed by atoms with Crippen molar-refractivity contribution in [1.82, 2.24) is 10.3 Å². The zero-order valence-electron chi connectivity index (χ0n) is 11.6. The minimum Gasteiger partial charge on any atom is -0.459 e. The number of furan rings is 1. The highest BCUT2D eigenvalue weighted by atomic mass is 35.5. The molecule has 0 saturated heterocycles. The summed E-state index contributed by atoms with van der Waals surface area (Å²) >= 11 is 6.05. The van der Waals surface area contributed by atoms with Crippen LogP contribution in [-0.2, 0) is 0 Å². The number of hydrogen-bond donors (Lipinski definition) is 2. The van der Waals surface area contributed by atoms with Crippen molar-refractivity contribution < 1.29 is 4.42 Å². The van der Waals surface area contributed by atoms with Crippen LogP contribution in [0.3, 0.4) is 0 Å². The fourth-order valence-electron chi connectivity index (χ4n) is 2.41. The van der Waals surface area contributed by atoms with E-state index >= 15 is 0 Å². The first kappa shape index (κ1) is 13.9. The van der Waals surface area contributed by atoms with Gasteiger partial charge in [-0.2, -0.15) is 0 Å². The van der Waals surface area contributed by atoms with Gasteiger partial charge in [0.2, 0.25) is 0 Å². The maximum Gasteiger partial charge on any atom is 0.134 e. The third-order valence-corrected chi connectivity index (χ3v) is 3.57. The van der Waals surface area contributed by atoms with Crippen LogP contribution in [0.15, 0.2) is 47.0 Å². The minimum atomic E-state index is -0.173. The summed E-state index contributed by atoms with van der Waals surface area (Å²) < 4.78 is 5.94. The number of nitrogens with zero attached hydrogens (tertiary/aromatic N) is 1. The van der Waals surface area contributed by atoms with Crippen LogP contribution in [0, 0.1) is 0 Å². The molecule has 3 aromatic rings. The number of anilines is 1. The number of fused-ring (bicyclic) bond motifs is 1. The third-order valence-electron chi connectivity index (χ3n) is 3.36. The van der Waals surface area contributed by atoms with Gasteiger partial charge in [0.05, 0.1) is 11.1 Å². The molecule has 0 spiro atoms. The van der Waals surface area contributed by atoms with E-state index in [9.17, 15) is 0 Å². The van der Waals surface area contributed by atoms with Crippen molar-refractivity contribution in [3.63, 3.8) is 0 Å². The molecule has 3 rings (SSSR count). The van der Waals surface area contributed by atoms with Crippen LogP contribution >= 0.6 is 11.6 Å². The van der Waals surface area contributed by atoms with E-state index in [0.717, 1.165) is 28.8 Å². The molecule has 0 amide bonds. The molecule has 1 atom stereocenters. The second kappa shape index (κ2) is 5.76. The highest BCUT2D eigenvalue weighted by Gasteiger charge is 2.21. The van der Waals surface area contributed by atoms with Gasteiger partial charge >= 0.3 is 0 Å². The van der Waals surface area contributed by atoms with Gasteiger partial charge in [0.15, 0.2) is 0 Å². The summed E-state index contributed by atoms with van der Waals surface area (Å²) in [5, 5.41) is 4.98. The fraction of sp³-hybridized carbons (Fsp3) is 0.188. The first-order valence-corrected chi connectivity index (χ1v) is 7.19. The lowest BCUT2D eigenvalue weighted by atomic mass is 10.0. The standard InChI is InChI=1S/C16H16ClN3O/c1-2-19-15(12-8-11(17)9-20-16(12)18)14-7-10-5-3-4-6-13(10)21-14/h3-9,15,19H,2H2,1H3,(H2,18,20). The van der Waals surface area contributed by atoms with Crippen LogP contribution in [0.4, 0.5) is 5.82 Å². The van der Waals surface area contributed by atoms with E-state index in [1.807, 2.05) is 43.3 Å². The first-order valence-electron chi connectivity index (χ1n) is 6.82. The van der Waals surface area contributed by atoms with E-state index in [0.29, 0.717) is 10.8 Å². The van der Waals surface area contributed by atoms with Crippen LogP contribution in [0.1, 0.15) is 24.3 Å². The Morgan fingerprint density at radius 3 is 2.90 bits per heavy atom. The number of rotatable bonds is 4. The maximum atomic E-state index is 6.05. The lowest BCUT2D eigenvalue weighted by Crippen LogP contribution is -2.23. The molecule has 1 aromatic carbocycles. The van der Waals surface area contributed by atoms with Crippen LogP contribution in [0.25, 0.3) is 11.0 Å². The van der Waals surface area contributed by atoms with Gasteiger partial charge in [0, 0.05) is 17.1 Å². The van der Waals surface area contributed by atoms with Crippen molar-refractivity contribution in [2.45, 2.75) is 13.0 Å². The first-order chi connectivity index (χ1) is 10.2. The van der Waals surface area contributed by atoms with Crippen molar-refractivity contribution in [3.05, 3.63) is 58.9 Å². The number of nitrogen functional groups attached to an aromatic ring is 1. The molecule has 2 aromatic heterocycles. The largest absolute Gasteiger partial charge is 0.459 e. The van der Waals surface area contributed by atoms with Gasteiger partial charge in [0.1, 0.15) is 17.2 Å². The number of hydrogen-bond acceptors (Lipinski definition) is 4. The molecule has 1 unspecified atom stereocenters. The fourth-order valence-corrected chi connectivity index (χ4v) is 2.58. The zero-order chi connectivity index (χ0) is 14.8. The van der Waals surface area contributed by atoms with Gasteiger partial charge in [-0.1, -0.05) is 36.7 Å². The smallest absolute Gasteiger partial charge is 0.134 e. The Bertz CT molecular complexity index is 736. The molecule has 0 aliphatic carbocycles. The van der Waals surface area contributed by atoms with Gasteiger partial charge in [-0.25, -0.2) is 4.98 Å². The number of nitrogens with two attached hydrogens (primary N) is 1. The van der Waals surface area contributed by atoms with E-state index in [1.165, 1.54) is 0 Å². The summed E-state index contributed by atoms with van der Waals surface area (Å²) in [6, 6.07) is 11.6. The third kappa shape index (κ3) is 2.73. The van der Waals surface area contributed by atoms with Crippen LogP contribution in [-0.4, -0.2) is 11.5 Å². The van der Waals surface area contributed by atoms with Crippen molar-refractivity contribution in [2.75, 3.05) is 12.3 Å². The molecule has 2 heterocycles. The molecule has 5 heteroatoms. The second-order valence-electron chi connectivity index (χ2n) is 4.81. The molecule has 0 saturated carbocycles. The Morgan fingerprint density at radius 1 is 1.33 bits per heavy atom. The van der Waals surface area contributed by atoms with Crippen molar-refractivity contribution in [2.24, 2.45) is 0 Å². The molecule has 3 N–H and O–H groups in total. The highest BCUT2D eigenvalue weighted by Crippen LogP contribution is 2.31. The average Bonchev–Trinajstić information content (AvgIpc) is 2.91.